The molecule has 0 saturated carbocycles. The van der Waals surface area contributed by atoms with Crippen LogP contribution in [0.5, 0.6) is 5.75 Å². The first-order chi connectivity index (χ1) is 14.0. The van der Waals surface area contributed by atoms with Gasteiger partial charge in [-0.05, 0) is 67.3 Å². The van der Waals surface area contributed by atoms with Crippen LogP contribution in [-0.2, 0) is 6.54 Å². The second-order valence-corrected chi connectivity index (χ2v) is 7.39. The van der Waals surface area contributed by atoms with Gasteiger partial charge in [0.05, 0.1) is 5.69 Å². The second-order valence-electron chi connectivity index (χ2n) is 7.39. The average Bonchev–Trinajstić information content (AvgIpc) is 2.74. The molecular weight excluding hydrogens is 362 g/mol. The first-order valence-electron chi connectivity index (χ1n) is 9.89. The largest absolute Gasteiger partial charge is 0.508 e. The lowest BCUT2D eigenvalue weighted by atomic mass is 9.91. The molecule has 0 spiro atoms. The minimum absolute atomic E-state index is 0.219. The summed E-state index contributed by atoms with van der Waals surface area (Å²) in [4.78, 5) is 10.7. The monoisotopic (exact) mass is 391 g/mol. The summed E-state index contributed by atoms with van der Waals surface area (Å²) >= 11 is 0. The highest BCUT2D eigenvalue weighted by molar-refractivity contribution is 5.81. The van der Waals surface area contributed by atoms with Crippen LogP contribution in [0.25, 0.3) is 0 Å². The number of hydrogen-bond donors (Lipinski definition) is 3. The Balaban J connectivity index is 1.57. The molecule has 6 nitrogen and oxygen atoms in total. The summed E-state index contributed by atoms with van der Waals surface area (Å²) in [5.74, 6) is 1.06. The summed E-state index contributed by atoms with van der Waals surface area (Å²) < 4.78 is 0. The number of likely N-dealkylation sites (tertiary alicyclic amines) is 1. The fourth-order valence-corrected chi connectivity index (χ4v) is 3.41. The number of rotatable bonds is 6. The van der Waals surface area contributed by atoms with Crippen molar-refractivity contribution in [3.05, 3.63) is 78.3 Å². The first-order valence-corrected chi connectivity index (χ1v) is 9.89. The van der Waals surface area contributed by atoms with E-state index in [-0.39, 0.29) is 5.75 Å². The van der Waals surface area contributed by atoms with E-state index in [0.717, 1.165) is 55.0 Å². The molecule has 0 radical (unpaired) electrons. The summed E-state index contributed by atoms with van der Waals surface area (Å²) in [7, 11) is 0. The third-order valence-corrected chi connectivity index (χ3v) is 5.06. The van der Waals surface area contributed by atoms with Crippen molar-refractivity contribution < 1.29 is 5.11 Å². The minimum atomic E-state index is 0.219. The summed E-state index contributed by atoms with van der Waals surface area (Å²) in [5, 5.41) is 12.8. The Labute approximate surface area is 172 Å². The summed E-state index contributed by atoms with van der Waals surface area (Å²) in [5.41, 5.74) is 10.3. The molecule has 152 valence electrons. The van der Waals surface area contributed by atoms with Gasteiger partial charge in [0.25, 0.3) is 0 Å². The van der Waals surface area contributed by atoms with E-state index in [9.17, 15) is 5.11 Å². The van der Waals surface area contributed by atoms with Crippen molar-refractivity contribution in [3.63, 3.8) is 0 Å². The molecule has 0 bridgehead atoms. The zero-order chi connectivity index (χ0) is 20.6. The molecule has 6 heteroatoms. The van der Waals surface area contributed by atoms with Crippen molar-refractivity contribution in [2.24, 2.45) is 16.6 Å². The predicted molar refractivity (Wildman–Crippen MR) is 118 cm³/mol. The van der Waals surface area contributed by atoms with E-state index in [0.29, 0.717) is 11.9 Å². The lowest BCUT2D eigenvalue weighted by Gasteiger charge is -2.34. The number of aromatic nitrogens is 1. The standard InChI is InChI=1S/C23H29N5O/c1-17(13-18(2)26-15-19-5-3-11-25-14-19)20-6-4-12-28(16-20)23(24)27-21-7-9-22(29)10-8-21/h3,5,7-11,13-14,20,26,29H,1,4,6,12,15-16H2,2H3,(H2,24,27)/b18-13+. The average molecular weight is 392 g/mol. The maximum atomic E-state index is 9.40. The van der Waals surface area contributed by atoms with E-state index in [1.54, 1.807) is 30.5 Å². The maximum absolute atomic E-state index is 9.40. The van der Waals surface area contributed by atoms with Gasteiger partial charge in [0.1, 0.15) is 5.75 Å². The molecule has 1 fully saturated rings. The van der Waals surface area contributed by atoms with Gasteiger partial charge in [0.2, 0.25) is 0 Å². The maximum Gasteiger partial charge on any atom is 0.196 e. The van der Waals surface area contributed by atoms with Gasteiger partial charge in [-0.2, -0.15) is 0 Å². The van der Waals surface area contributed by atoms with Crippen molar-refractivity contribution in [3.8, 4) is 5.75 Å². The molecule has 29 heavy (non-hydrogen) atoms. The van der Waals surface area contributed by atoms with Crippen LogP contribution in [0.4, 0.5) is 5.69 Å². The van der Waals surface area contributed by atoms with Crippen LogP contribution in [0.3, 0.4) is 0 Å². The summed E-state index contributed by atoms with van der Waals surface area (Å²) in [6.45, 7) is 8.79. The molecule has 1 saturated heterocycles. The molecule has 0 amide bonds. The van der Waals surface area contributed by atoms with E-state index < -0.39 is 0 Å². The number of pyridine rings is 1. The molecule has 3 rings (SSSR count). The Morgan fingerprint density at radius 1 is 1.38 bits per heavy atom. The van der Waals surface area contributed by atoms with Crippen molar-refractivity contribution in [2.75, 3.05) is 13.1 Å². The Morgan fingerprint density at radius 2 is 2.17 bits per heavy atom. The smallest absolute Gasteiger partial charge is 0.196 e. The van der Waals surface area contributed by atoms with Crippen molar-refractivity contribution in [2.45, 2.75) is 26.3 Å². The Morgan fingerprint density at radius 3 is 2.90 bits per heavy atom. The van der Waals surface area contributed by atoms with Gasteiger partial charge in [-0.3, -0.25) is 4.98 Å². The van der Waals surface area contributed by atoms with Crippen molar-refractivity contribution >= 4 is 11.6 Å². The van der Waals surface area contributed by atoms with Gasteiger partial charge in [0, 0.05) is 43.6 Å². The molecule has 4 N–H and O–H groups in total. The van der Waals surface area contributed by atoms with E-state index >= 15 is 0 Å². The summed E-state index contributed by atoms with van der Waals surface area (Å²) in [6.07, 6.45) is 7.90. The quantitative estimate of drug-likeness (QED) is 0.397. The number of hydrogen-bond acceptors (Lipinski definition) is 4. The zero-order valence-corrected chi connectivity index (χ0v) is 16.9. The van der Waals surface area contributed by atoms with E-state index in [1.807, 2.05) is 12.3 Å². The lowest BCUT2D eigenvalue weighted by molar-refractivity contribution is 0.285. The van der Waals surface area contributed by atoms with Gasteiger partial charge in [-0.15, -0.1) is 0 Å². The second kappa shape index (κ2) is 9.78. The number of benzene rings is 1. The highest BCUT2D eigenvalue weighted by Crippen LogP contribution is 2.25. The van der Waals surface area contributed by atoms with Gasteiger partial charge >= 0.3 is 0 Å². The highest BCUT2D eigenvalue weighted by Gasteiger charge is 2.22. The van der Waals surface area contributed by atoms with Crippen LogP contribution in [0.15, 0.2) is 77.7 Å². The Bertz CT molecular complexity index is 874. The normalized spacial score (nSPS) is 17.8. The molecule has 1 unspecified atom stereocenters. The Hall–Kier alpha value is -3.28. The van der Waals surface area contributed by atoms with Crippen LogP contribution >= 0.6 is 0 Å². The van der Waals surface area contributed by atoms with E-state index in [1.165, 1.54) is 0 Å². The SMILES string of the molecule is C=C(/C=C(\C)NCc1cccnc1)C1CCCN(C(N)=Nc2ccc(O)cc2)C1. The van der Waals surface area contributed by atoms with Gasteiger partial charge in [0.15, 0.2) is 5.96 Å². The van der Waals surface area contributed by atoms with Crippen LogP contribution in [0.1, 0.15) is 25.3 Å². The highest BCUT2D eigenvalue weighted by atomic mass is 16.3. The van der Waals surface area contributed by atoms with Crippen molar-refractivity contribution in [1.29, 1.82) is 0 Å². The summed E-state index contributed by atoms with van der Waals surface area (Å²) in [6, 6.07) is 10.7. The third kappa shape index (κ3) is 6.10. The van der Waals surface area contributed by atoms with Crippen LogP contribution < -0.4 is 11.1 Å². The third-order valence-electron chi connectivity index (χ3n) is 5.06. The number of guanidine groups is 1. The molecule has 2 heterocycles. The lowest BCUT2D eigenvalue weighted by Crippen LogP contribution is -2.44. The molecule has 1 aromatic heterocycles. The van der Waals surface area contributed by atoms with Crippen LogP contribution in [0, 0.1) is 5.92 Å². The van der Waals surface area contributed by atoms with Crippen molar-refractivity contribution in [1.82, 2.24) is 15.2 Å². The molecule has 0 aliphatic carbocycles. The van der Waals surface area contributed by atoms with Gasteiger partial charge in [-0.25, -0.2) is 4.99 Å². The molecule has 1 aliphatic rings. The van der Waals surface area contributed by atoms with E-state index in [2.05, 4.69) is 45.8 Å². The number of phenols is 1. The number of allylic oxidation sites excluding steroid dienone is 2. The zero-order valence-electron chi connectivity index (χ0n) is 16.9. The fourth-order valence-electron chi connectivity index (χ4n) is 3.41. The first kappa shape index (κ1) is 20.5. The minimum Gasteiger partial charge on any atom is -0.508 e. The number of phenolic OH excluding ortho intramolecular Hbond substituents is 1. The van der Waals surface area contributed by atoms with Gasteiger partial charge in [-0.1, -0.05) is 12.6 Å². The molecule has 1 atom stereocenters. The van der Waals surface area contributed by atoms with E-state index in [4.69, 9.17) is 5.73 Å². The Kier molecular flexibility index (Phi) is 6.89. The number of aromatic hydroxyl groups is 1. The number of nitrogens with zero attached hydrogens (tertiary/aromatic N) is 3. The molecular formula is C23H29N5O. The molecule has 1 aliphatic heterocycles. The topological polar surface area (TPSA) is 86.8 Å². The molecule has 1 aromatic carbocycles. The number of nitrogens with two attached hydrogens (primary N) is 1. The number of piperidine rings is 1. The van der Waals surface area contributed by atoms with Crippen LogP contribution in [0.2, 0.25) is 0 Å². The van der Waals surface area contributed by atoms with Gasteiger partial charge < -0.3 is 21.1 Å². The predicted octanol–water partition coefficient (Wildman–Crippen LogP) is 3.70. The van der Waals surface area contributed by atoms with Crippen LogP contribution in [-0.4, -0.2) is 34.0 Å². The molecule has 2 aromatic rings. The number of nitrogens with one attached hydrogen (secondary N) is 1. The fraction of sp³-hybridized carbons (Fsp3) is 0.304. The number of aliphatic imine (C=N–C) groups is 1.